The van der Waals surface area contributed by atoms with Crippen LogP contribution in [-0.2, 0) is 14.3 Å². The Labute approximate surface area is 225 Å². The quantitative estimate of drug-likeness (QED) is 0.536. The van der Waals surface area contributed by atoms with Gasteiger partial charge in [0.25, 0.3) is 5.91 Å². The molecule has 4 bridgehead atoms. The Balaban J connectivity index is 1.13. The summed E-state index contributed by atoms with van der Waals surface area (Å²) in [6.07, 6.45) is 8.53. The van der Waals surface area contributed by atoms with E-state index in [0.29, 0.717) is 45.8 Å². The largest absolute Gasteiger partial charge is 0.383 e. The van der Waals surface area contributed by atoms with E-state index in [0.717, 1.165) is 42.7 Å². The molecule has 1 aromatic carbocycles. The molecule has 9 heteroatoms. The summed E-state index contributed by atoms with van der Waals surface area (Å²) in [7, 11) is 1.59. The zero-order valence-corrected chi connectivity index (χ0v) is 22.5. The van der Waals surface area contributed by atoms with E-state index in [1.165, 1.54) is 19.3 Å². The predicted octanol–water partition coefficient (Wildman–Crippen LogP) is 2.57. The van der Waals surface area contributed by atoms with Crippen molar-refractivity contribution < 1.29 is 19.1 Å². The Hall–Kier alpha value is -2.81. The zero-order valence-electron chi connectivity index (χ0n) is 22.5. The van der Waals surface area contributed by atoms with Crippen molar-refractivity contribution in [3.63, 3.8) is 0 Å². The van der Waals surface area contributed by atoms with Crippen molar-refractivity contribution in [2.75, 3.05) is 51.5 Å². The van der Waals surface area contributed by atoms with Gasteiger partial charge in [-0.25, -0.2) is 4.79 Å². The number of amides is 4. The second kappa shape index (κ2) is 10.1. The molecule has 2 saturated heterocycles. The number of methoxy groups -OCH3 is 1. The van der Waals surface area contributed by atoms with Crippen molar-refractivity contribution in [1.82, 2.24) is 20.4 Å². The first-order valence-corrected chi connectivity index (χ1v) is 14.3. The maximum absolute atomic E-state index is 13.9. The lowest BCUT2D eigenvalue weighted by Crippen LogP contribution is -2.64. The fraction of sp³-hybridized carbons (Fsp3) is 0.690. The number of benzene rings is 1. The highest BCUT2D eigenvalue weighted by molar-refractivity contribution is 5.96. The normalized spacial score (nSPS) is 31.2. The second-order valence-electron chi connectivity index (χ2n) is 12.4. The van der Waals surface area contributed by atoms with E-state index in [1.54, 1.807) is 12.0 Å². The minimum atomic E-state index is -0.744. The molecule has 6 fully saturated rings. The monoisotopic (exact) mass is 523 g/mol. The lowest BCUT2D eigenvalue weighted by Gasteiger charge is -2.57. The van der Waals surface area contributed by atoms with Gasteiger partial charge in [0.15, 0.2) is 0 Å². The molecule has 0 radical (unpaired) electrons. The number of nitrogens with zero attached hydrogens (tertiary/aromatic N) is 3. The van der Waals surface area contributed by atoms with Gasteiger partial charge in [0.1, 0.15) is 12.1 Å². The number of hydrogen-bond donors (Lipinski definition) is 2. The van der Waals surface area contributed by atoms with Gasteiger partial charge in [0.2, 0.25) is 5.91 Å². The summed E-state index contributed by atoms with van der Waals surface area (Å²) in [5.74, 6) is 2.12. The van der Waals surface area contributed by atoms with E-state index in [4.69, 9.17) is 4.74 Å². The summed E-state index contributed by atoms with van der Waals surface area (Å²) in [5, 5.41) is 6.32. The average Bonchev–Trinajstić information content (AvgIpc) is 3.14. The Kier molecular flexibility index (Phi) is 6.74. The van der Waals surface area contributed by atoms with Crippen LogP contribution in [0.15, 0.2) is 30.3 Å². The van der Waals surface area contributed by atoms with Crippen LogP contribution < -0.4 is 15.5 Å². The highest BCUT2D eigenvalue weighted by Gasteiger charge is 2.55. The van der Waals surface area contributed by atoms with E-state index >= 15 is 0 Å². The first-order chi connectivity index (χ1) is 18.4. The number of hydrogen-bond acceptors (Lipinski definition) is 5. The SMILES string of the molecule is COCCNC(=O)CN1CN(c2ccccc2)C2(CCN(C(=O)NC34CC5CC(CC(C5)C3)C4)CC2)C1=O. The number of para-hydroxylation sites is 1. The van der Waals surface area contributed by atoms with Crippen LogP contribution in [0.25, 0.3) is 0 Å². The van der Waals surface area contributed by atoms with Crippen LogP contribution in [0.5, 0.6) is 0 Å². The number of carbonyl (C=O) groups is 3. The molecule has 2 heterocycles. The number of anilines is 1. The zero-order chi connectivity index (χ0) is 26.3. The van der Waals surface area contributed by atoms with Gasteiger partial charge >= 0.3 is 6.03 Å². The van der Waals surface area contributed by atoms with Crippen LogP contribution in [0.4, 0.5) is 10.5 Å². The maximum atomic E-state index is 13.9. The number of rotatable bonds is 7. The first-order valence-electron chi connectivity index (χ1n) is 14.3. The Morgan fingerprint density at radius 1 is 1.00 bits per heavy atom. The molecule has 2 aliphatic heterocycles. The topological polar surface area (TPSA) is 94.2 Å². The molecule has 4 saturated carbocycles. The van der Waals surface area contributed by atoms with Crippen LogP contribution in [-0.4, -0.2) is 85.3 Å². The molecule has 1 spiro atoms. The van der Waals surface area contributed by atoms with Gasteiger partial charge < -0.3 is 30.1 Å². The van der Waals surface area contributed by atoms with Gasteiger partial charge in [-0.3, -0.25) is 9.59 Å². The lowest BCUT2D eigenvalue weighted by atomic mass is 9.53. The van der Waals surface area contributed by atoms with Crippen molar-refractivity contribution in [2.45, 2.75) is 62.4 Å². The summed E-state index contributed by atoms with van der Waals surface area (Å²) in [6, 6.07) is 9.98. The molecule has 4 amide bonds. The highest BCUT2D eigenvalue weighted by Crippen LogP contribution is 2.55. The Morgan fingerprint density at radius 2 is 1.63 bits per heavy atom. The third-order valence-electron chi connectivity index (χ3n) is 9.83. The van der Waals surface area contributed by atoms with Gasteiger partial charge in [-0.05, 0) is 81.3 Å². The predicted molar refractivity (Wildman–Crippen MR) is 143 cm³/mol. The van der Waals surface area contributed by atoms with E-state index in [1.807, 2.05) is 35.2 Å². The number of nitrogens with one attached hydrogen (secondary N) is 2. The third-order valence-corrected chi connectivity index (χ3v) is 9.83. The molecule has 1 aromatic rings. The van der Waals surface area contributed by atoms with Crippen molar-refractivity contribution >= 4 is 23.5 Å². The summed E-state index contributed by atoms with van der Waals surface area (Å²) in [6.45, 7) is 2.28. The van der Waals surface area contributed by atoms with E-state index in [2.05, 4.69) is 15.5 Å². The molecule has 6 aliphatic rings. The van der Waals surface area contributed by atoms with Gasteiger partial charge in [-0.1, -0.05) is 18.2 Å². The summed E-state index contributed by atoms with van der Waals surface area (Å²) in [5.41, 5.74) is 0.202. The number of piperidine rings is 1. The van der Waals surface area contributed by atoms with Crippen LogP contribution >= 0.6 is 0 Å². The minimum Gasteiger partial charge on any atom is -0.383 e. The fourth-order valence-electron chi connectivity index (χ4n) is 8.49. The van der Waals surface area contributed by atoms with Crippen molar-refractivity contribution in [3.8, 4) is 0 Å². The van der Waals surface area contributed by atoms with Crippen LogP contribution in [0.2, 0.25) is 0 Å². The number of urea groups is 1. The average molecular weight is 524 g/mol. The fourth-order valence-corrected chi connectivity index (χ4v) is 8.49. The maximum Gasteiger partial charge on any atom is 0.317 e. The minimum absolute atomic E-state index is 0.0177. The molecule has 38 heavy (non-hydrogen) atoms. The van der Waals surface area contributed by atoms with Crippen molar-refractivity contribution in [2.24, 2.45) is 17.8 Å². The van der Waals surface area contributed by atoms with Gasteiger partial charge in [0.05, 0.1) is 13.3 Å². The van der Waals surface area contributed by atoms with E-state index in [9.17, 15) is 14.4 Å². The molecular weight excluding hydrogens is 482 g/mol. The number of ether oxygens (including phenoxy) is 1. The second-order valence-corrected chi connectivity index (χ2v) is 12.4. The number of carbonyl (C=O) groups excluding carboxylic acids is 3. The smallest absolute Gasteiger partial charge is 0.317 e. The number of likely N-dealkylation sites (tertiary alicyclic amines) is 1. The molecule has 7 rings (SSSR count). The van der Waals surface area contributed by atoms with E-state index < -0.39 is 5.54 Å². The van der Waals surface area contributed by atoms with Crippen LogP contribution in [0.3, 0.4) is 0 Å². The summed E-state index contributed by atoms with van der Waals surface area (Å²) < 4.78 is 5.01. The molecule has 0 aromatic heterocycles. The van der Waals surface area contributed by atoms with Crippen LogP contribution in [0, 0.1) is 17.8 Å². The molecule has 9 nitrogen and oxygen atoms in total. The van der Waals surface area contributed by atoms with E-state index in [-0.39, 0.29) is 29.9 Å². The summed E-state index contributed by atoms with van der Waals surface area (Å²) >= 11 is 0. The van der Waals surface area contributed by atoms with Crippen LogP contribution in [0.1, 0.15) is 51.4 Å². The summed E-state index contributed by atoms with van der Waals surface area (Å²) in [4.78, 5) is 45.6. The molecular formula is C29H41N5O4. The highest BCUT2D eigenvalue weighted by atomic mass is 16.5. The molecule has 0 unspecified atom stereocenters. The third kappa shape index (κ3) is 4.63. The molecule has 2 N–H and O–H groups in total. The van der Waals surface area contributed by atoms with Gasteiger partial charge in [0, 0.05) is 38.0 Å². The Bertz CT molecular complexity index is 1020. The van der Waals surface area contributed by atoms with Gasteiger partial charge in [-0.15, -0.1) is 0 Å². The first kappa shape index (κ1) is 25.5. The molecule has 206 valence electrons. The lowest BCUT2D eigenvalue weighted by molar-refractivity contribution is -0.137. The standard InChI is InChI=1S/C29H41N5O4/c1-38-12-9-30-25(35)19-33-20-34(24-5-3-2-4-6-24)29(26(33)36)7-10-32(11-8-29)27(37)31-28-16-21-13-22(17-28)15-23(14-21)18-28/h2-6,21-23H,7-20H2,1H3,(H,30,35)(H,31,37). The van der Waals surface area contributed by atoms with Gasteiger partial charge in [-0.2, -0.15) is 0 Å². The van der Waals surface area contributed by atoms with Crippen molar-refractivity contribution in [1.29, 1.82) is 0 Å². The molecule has 0 atom stereocenters. The Morgan fingerprint density at radius 3 is 2.24 bits per heavy atom. The molecule has 4 aliphatic carbocycles. The van der Waals surface area contributed by atoms with Crippen molar-refractivity contribution in [3.05, 3.63) is 30.3 Å².